The molecule has 2 aromatic carbocycles. The Balaban J connectivity index is 1.64. The smallest absolute Gasteiger partial charge is 0.252 e. The minimum absolute atomic E-state index is 0.159. The monoisotopic (exact) mass is 504 g/mol. The first kappa shape index (κ1) is 25.9. The van der Waals surface area contributed by atoms with Gasteiger partial charge in [0.2, 0.25) is 11.8 Å². The molecule has 10 heteroatoms. The minimum atomic E-state index is -0.846. The lowest BCUT2D eigenvalue weighted by molar-refractivity contribution is -0.130. The van der Waals surface area contributed by atoms with Crippen molar-refractivity contribution in [1.82, 2.24) is 30.9 Å². The molecule has 0 spiro atoms. The summed E-state index contributed by atoms with van der Waals surface area (Å²) in [4.78, 5) is 39.7. The van der Waals surface area contributed by atoms with E-state index in [1.807, 2.05) is 51.1 Å². The number of hydrogen-bond acceptors (Lipinski definition) is 6. The second-order valence-corrected chi connectivity index (χ2v) is 9.47. The number of carbonyl (C=O) groups excluding carboxylic acids is 3. The van der Waals surface area contributed by atoms with Crippen molar-refractivity contribution in [2.45, 2.75) is 52.4 Å². The number of fused-ring (bicyclic) bond motifs is 4. The third kappa shape index (κ3) is 6.72. The number of hydrogen-bond donors (Lipinski definition) is 3. The summed E-state index contributed by atoms with van der Waals surface area (Å²) in [6.07, 6.45) is 2.03. The van der Waals surface area contributed by atoms with Crippen LogP contribution >= 0.6 is 0 Å². The number of carbonyl (C=O) groups is 3. The number of amides is 3. The van der Waals surface area contributed by atoms with Crippen LogP contribution in [-0.4, -0.2) is 51.4 Å². The van der Waals surface area contributed by atoms with Gasteiger partial charge in [0, 0.05) is 12.0 Å². The molecule has 37 heavy (non-hydrogen) atoms. The van der Waals surface area contributed by atoms with Crippen LogP contribution in [-0.2, 0) is 29.1 Å². The molecule has 1 aliphatic heterocycles. The van der Waals surface area contributed by atoms with Crippen LogP contribution in [0.3, 0.4) is 0 Å². The molecule has 0 radical (unpaired) electrons. The molecule has 1 aromatic heterocycles. The van der Waals surface area contributed by atoms with Crippen LogP contribution in [0.5, 0.6) is 5.75 Å². The van der Waals surface area contributed by atoms with Gasteiger partial charge in [0.1, 0.15) is 30.1 Å². The van der Waals surface area contributed by atoms with Crippen LogP contribution in [0.2, 0.25) is 0 Å². The fourth-order valence-electron chi connectivity index (χ4n) is 4.06. The Hall–Kier alpha value is -4.21. The van der Waals surface area contributed by atoms with Crippen molar-refractivity contribution in [3.63, 3.8) is 0 Å². The zero-order chi connectivity index (χ0) is 26.4. The molecule has 0 saturated carbocycles. The highest BCUT2D eigenvalue weighted by Crippen LogP contribution is 2.20. The number of rotatable bonds is 3. The summed E-state index contributed by atoms with van der Waals surface area (Å²) in [5.41, 5.74) is 2.75. The molecule has 0 fully saturated rings. The van der Waals surface area contributed by atoms with E-state index in [0.29, 0.717) is 36.6 Å². The first-order chi connectivity index (χ1) is 17.8. The summed E-state index contributed by atoms with van der Waals surface area (Å²) in [5, 5.41) is 16.8. The maximum atomic E-state index is 13.4. The highest BCUT2D eigenvalue weighted by molar-refractivity contribution is 5.98. The molecule has 2 heterocycles. The lowest BCUT2D eigenvalue weighted by Crippen LogP contribution is -2.56. The van der Waals surface area contributed by atoms with Gasteiger partial charge in [0.05, 0.1) is 19.3 Å². The van der Waals surface area contributed by atoms with Gasteiger partial charge in [-0.25, -0.2) is 4.68 Å². The number of benzene rings is 2. The fraction of sp³-hybridized carbons (Fsp3) is 0.370. The predicted molar refractivity (Wildman–Crippen MR) is 137 cm³/mol. The van der Waals surface area contributed by atoms with E-state index in [2.05, 4.69) is 26.3 Å². The van der Waals surface area contributed by atoms with E-state index >= 15 is 0 Å². The van der Waals surface area contributed by atoms with Gasteiger partial charge in [-0.2, -0.15) is 0 Å². The topological polar surface area (TPSA) is 127 Å². The van der Waals surface area contributed by atoms with E-state index in [9.17, 15) is 14.4 Å². The average Bonchev–Trinajstić information content (AvgIpc) is 3.34. The highest BCUT2D eigenvalue weighted by atomic mass is 16.5. The predicted octanol–water partition coefficient (Wildman–Crippen LogP) is 1.78. The third-order valence-electron chi connectivity index (χ3n) is 6.21. The zero-order valence-corrected chi connectivity index (χ0v) is 21.2. The van der Waals surface area contributed by atoms with E-state index in [0.717, 1.165) is 11.1 Å². The normalized spacial score (nSPS) is 19.2. The van der Waals surface area contributed by atoms with Gasteiger partial charge in [-0.1, -0.05) is 55.5 Å². The zero-order valence-electron chi connectivity index (χ0n) is 21.2. The van der Waals surface area contributed by atoms with Crippen LogP contribution in [0.4, 0.5) is 0 Å². The Morgan fingerprint density at radius 2 is 1.84 bits per heavy atom. The molecule has 0 unspecified atom stereocenters. The van der Waals surface area contributed by atoms with Crippen LogP contribution in [0.15, 0.2) is 54.7 Å². The first-order valence-electron chi connectivity index (χ1n) is 12.4. The molecule has 10 nitrogen and oxygen atoms in total. The van der Waals surface area contributed by atoms with Gasteiger partial charge >= 0.3 is 0 Å². The van der Waals surface area contributed by atoms with Crippen molar-refractivity contribution in [2.24, 2.45) is 5.92 Å². The highest BCUT2D eigenvalue weighted by Gasteiger charge is 2.29. The van der Waals surface area contributed by atoms with E-state index in [1.54, 1.807) is 29.1 Å². The molecule has 0 aliphatic carbocycles. The van der Waals surface area contributed by atoms with Gasteiger partial charge in [-0.15, -0.1) is 5.10 Å². The quantitative estimate of drug-likeness (QED) is 0.499. The van der Waals surface area contributed by atoms with E-state index in [-0.39, 0.29) is 18.4 Å². The summed E-state index contributed by atoms with van der Waals surface area (Å²) in [5.74, 6) is -0.825. The number of ether oxygens (including phenoxy) is 1. The Labute approximate surface area is 215 Å². The van der Waals surface area contributed by atoms with Crippen LogP contribution in [0.1, 0.15) is 41.0 Å². The van der Waals surface area contributed by atoms with Gasteiger partial charge in [0.25, 0.3) is 5.91 Å². The Morgan fingerprint density at radius 1 is 1.05 bits per heavy atom. The number of nitrogens with zero attached hydrogens (tertiary/aromatic N) is 3. The average molecular weight is 505 g/mol. The lowest BCUT2D eigenvalue weighted by Gasteiger charge is -2.25. The van der Waals surface area contributed by atoms with E-state index in [4.69, 9.17) is 4.74 Å². The Bertz CT molecular complexity index is 1260. The van der Waals surface area contributed by atoms with Gasteiger partial charge in [-0.05, 0) is 36.1 Å². The lowest BCUT2D eigenvalue weighted by atomic mass is 10.00. The molecule has 194 valence electrons. The van der Waals surface area contributed by atoms with Crippen molar-refractivity contribution < 1.29 is 19.1 Å². The van der Waals surface area contributed by atoms with Crippen LogP contribution in [0, 0.1) is 12.8 Å². The molecule has 3 N–H and O–H groups in total. The molecule has 3 aromatic rings. The van der Waals surface area contributed by atoms with Crippen molar-refractivity contribution in [1.29, 1.82) is 0 Å². The number of aryl methyl sites for hydroxylation is 1. The summed E-state index contributed by atoms with van der Waals surface area (Å²) in [6.45, 7) is 6.50. The van der Waals surface area contributed by atoms with Gasteiger partial charge in [0.15, 0.2) is 0 Å². The molecular formula is C27H32N6O4. The maximum absolute atomic E-state index is 13.4. The molecule has 4 bridgehead atoms. The largest absolute Gasteiger partial charge is 0.491 e. The molecular weight excluding hydrogens is 472 g/mol. The summed E-state index contributed by atoms with van der Waals surface area (Å²) >= 11 is 0. The third-order valence-corrected chi connectivity index (χ3v) is 6.21. The fourth-order valence-corrected chi connectivity index (χ4v) is 4.06. The standard InChI is InChI=1S/C27H32N6O4/c1-17(2)24-27(36)29-22(13-19-7-5-4-6-8-19)26(35)28-15-21-16-33(32-31-21)11-12-37-23-14-20(25(34)30-24)10-9-18(23)3/h4-10,14,16-17,22,24H,11-13,15H2,1-3H3,(H,28,35)(H,29,36)(H,30,34)/t22-,24+/m0/s1. The van der Waals surface area contributed by atoms with Crippen molar-refractivity contribution in [2.75, 3.05) is 6.61 Å². The summed E-state index contributed by atoms with van der Waals surface area (Å²) < 4.78 is 7.53. The summed E-state index contributed by atoms with van der Waals surface area (Å²) in [7, 11) is 0. The Kier molecular flexibility index (Phi) is 8.17. The second kappa shape index (κ2) is 11.7. The number of aromatic nitrogens is 3. The van der Waals surface area contributed by atoms with E-state index < -0.39 is 23.9 Å². The van der Waals surface area contributed by atoms with Crippen LogP contribution < -0.4 is 20.7 Å². The van der Waals surface area contributed by atoms with Crippen molar-refractivity contribution in [3.8, 4) is 5.75 Å². The van der Waals surface area contributed by atoms with Gasteiger partial charge < -0.3 is 20.7 Å². The Morgan fingerprint density at radius 3 is 2.59 bits per heavy atom. The molecule has 2 atom stereocenters. The first-order valence-corrected chi connectivity index (χ1v) is 12.4. The molecule has 0 saturated heterocycles. The number of nitrogens with one attached hydrogen (secondary N) is 3. The minimum Gasteiger partial charge on any atom is -0.491 e. The van der Waals surface area contributed by atoms with Crippen molar-refractivity contribution >= 4 is 17.7 Å². The van der Waals surface area contributed by atoms with Gasteiger partial charge in [-0.3, -0.25) is 14.4 Å². The molecule has 4 rings (SSSR count). The molecule has 3 amide bonds. The van der Waals surface area contributed by atoms with Crippen molar-refractivity contribution in [3.05, 3.63) is 77.1 Å². The second-order valence-electron chi connectivity index (χ2n) is 9.47. The van der Waals surface area contributed by atoms with E-state index in [1.165, 1.54) is 0 Å². The SMILES string of the molecule is Cc1ccc2cc1OCCn1cc(nn1)CNC(=O)[C@H](Cc1ccccc1)NC(=O)[C@@H](C(C)C)NC2=O. The maximum Gasteiger partial charge on any atom is 0.252 e. The summed E-state index contributed by atoms with van der Waals surface area (Å²) in [6, 6.07) is 12.9. The molecule has 1 aliphatic rings. The van der Waals surface area contributed by atoms with Crippen LogP contribution in [0.25, 0.3) is 0 Å².